The van der Waals surface area contributed by atoms with E-state index in [0.29, 0.717) is 6.04 Å². The number of nitrogens with one attached hydrogen (secondary N) is 1. The highest BCUT2D eigenvalue weighted by Gasteiger charge is 2.35. The number of hydrogen-bond acceptors (Lipinski definition) is 3. The van der Waals surface area contributed by atoms with Crippen LogP contribution in [0.4, 0.5) is 0 Å². The van der Waals surface area contributed by atoms with Gasteiger partial charge < -0.3 is 5.32 Å². The van der Waals surface area contributed by atoms with Crippen LogP contribution in [0.15, 0.2) is 17.4 Å². The molecule has 2 unspecified atom stereocenters. The second-order valence-corrected chi connectivity index (χ2v) is 3.11. The molecule has 0 aromatic carbocycles. The maximum absolute atomic E-state index is 3.88. The number of hydrogen-bond donors (Lipinski definition) is 1. The van der Waals surface area contributed by atoms with Gasteiger partial charge in [-0.05, 0) is 26.1 Å². The SMILES string of the molecule is C=NN(C)C1(C)C=CNC1C. The summed E-state index contributed by atoms with van der Waals surface area (Å²) in [7, 11) is 1.93. The molecule has 1 rings (SSSR count). The number of nitrogens with zero attached hydrogens (tertiary/aromatic N) is 2. The van der Waals surface area contributed by atoms with Crippen molar-refractivity contribution in [3.63, 3.8) is 0 Å². The minimum absolute atomic E-state index is 0.0260. The molecule has 2 atom stereocenters. The van der Waals surface area contributed by atoms with Crippen molar-refractivity contribution in [2.45, 2.75) is 25.4 Å². The van der Waals surface area contributed by atoms with E-state index in [1.165, 1.54) is 0 Å². The summed E-state index contributed by atoms with van der Waals surface area (Å²) in [4.78, 5) is 0. The number of likely N-dealkylation sites (N-methyl/N-ethyl adjacent to an activating group) is 1. The largest absolute Gasteiger partial charge is 0.386 e. The molecule has 0 aromatic rings. The average Bonchev–Trinajstić information content (AvgIpc) is 2.32. The minimum Gasteiger partial charge on any atom is -0.386 e. The van der Waals surface area contributed by atoms with E-state index in [0.717, 1.165) is 0 Å². The van der Waals surface area contributed by atoms with Crippen molar-refractivity contribution < 1.29 is 0 Å². The Morgan fingerprint density at radius 3 is 2.73 bits per heavy atom. The molecule has 0 fully saturated rings. The molecule has 1 aliphatic heterocycles. The number of hydrazone groups is 1. The Morgan fingerprint density at radius 2 is 2.36 bits per heavy atom. The second-order valence-electron chi connectivity index (χ2n) is 3.11. The van der Waals surface area contributed by atoms with Gasteiger partial charge in [-0.3, -0.25) is 5.01 Å². The Labute approximate surface area is 67.8 Å². The van der Waals surface area contributed by atoms with Gasteiger partial charge in [-0.2, -0.15) is 5.10 Å². The zero-order valence-corrected chi connectivity index (χ0v) is 7.33. The molecule has 1 N–H and O–H groups in total. The highest BCUT2D eigenvalue weighted by molar-refractivity contribution is 5.24. The van der Waals surface area contributed by atoms with Crippen LogP contribution in [0.5, 0.6) is 0 Å². The smallest absolute Gasteiger partial charge is 0.0941 e. The van der Waals surface area contributed by atoms with Crippen molar-refractivity contribution in [2.75, 3.05) is 7.05 Å². The first-order valence-electron chi connectivity index (χ1n) is 3.75. The Hall–Kier alpha value is -0.990. The normalized spacial score (nSPS) is 35.0. The van der Waals surface area contributed by atoms with E-state index >= 15 is 0 Å². The summed E-state index contributed by atoms with van der Waals surface area (Å²) in [5.41, 5.74) is -0.0260. The summed E-state index contributed by atoms with van der Waals surface area (Å²) in [6, 6.07) is 0.387. The summed E-state index contributed by atoms with van der Waals surface area (Å²) in [6.07, 6.45) is 4.07. The maximum Gasteiger partial charge on any atom is 0.0941 e. The third-order valence-corrected chi connectivity index (χ3v) is 2.55. The van der Waals surface area contributed by atoms with E-state index in [-0.39, 0.29) is 5.54 Å². The molecule has 0 aliphatic carbocycles. The van der Waals surface area contributed by atoms with E-state index in [1.54, 1.807) is 0 Å². The van der Waals surface area contributed by atoms with Crippen LogP contribution >= 0.6 is 0 Å². The van der Waals surface area contributed by atoms with E-state index in [4.69, 9.17) is 0 Å². The molecule has 0 bridgehead atoms. The van der Waals surface area contributed by atoms with Crippen LogP contribution in [0.3, 0.4) is 0 Å². The summed E-state index contributed by atoms with van der Waals surface area (Å²) in [5, 5.41) is 8.97. The van der Waals surface area contributed by atoms with Gasteiger partial charge in [0.25, 0.3) is 0 Å². The molecule has 3 nitrogen and oxygen atoms in total. The topological polar surface area (TPSA) is 27.6 Å². The van der Waals surface area contributed by atoms with Crippen molar-refractivity contribution in [1.29, 1.82) is 0 Å². The lowest BCUT2D eigenvalue weighted by Gasteiger charge is -2.35. The van der Waals surface area contributed by atoms with Gasteiger partial charge in [-0.1, -0.05) is 0 Å². The lowest BCUT2D eigenvalue weighted by atomic mass is 9.96. The Balaban J connectivity index is 2.80. The van der Waals surface area contributed by atoms with E-state index in [9.17, 15) is 0 Å². The molecule has 0 saturated heterocycles. The van der Waals surface area contributed by atoms with Crippen LogP contribution in [-0.2, 0) is 0 Å². The van der Waals surface area contributed by atoms with Crippen molar-refractivity contribution in [3.8, 4) is 0 Å². The third-order valence-electron chi connectivity index (χ3n) is 2.55. The second kappa shape index (κ2) is 2.57. The van der Waals surface area contributed by atoms with Gasteiger partial charge in [0.15, 0.2) is 0 Å². The molecule has 62 valence electrons. The molecule has 0 saturated carbocycles. The number of rotatable bonds is 2. The molecular formula is C8H15N3. The van der Waals surface area contributed by atoms with Crippen molar-refractivity contribution >= 4 is 6.72 Å². The molecule has 0 aromatic heterocycles. The first kappa shape index (κ1) is 8.11. The fourth-order valence-electron chi connectivity index (χ4n) is 1.21. The van der Waals surface area contributed by atoms with Crippen LogP contribution in [0.1, 0.15) is 13.8 Å². The van der Waals surface area contributed by atoms with Crippen molar-refractivity contribution in [2.24, 2.45) is 5.10 Å². The van der Waals surface area contributed by atoms with E-state index < -0.39 is 0 Å². The predicted molar refractivity (Wildman–Crippen MR) is 47.5 cm³/mol. The first-order chi connectivity index (χ1) is 5.11. The molecule has 3 heteroatoms. The summed E-state index contributed by atoms with van der Waals surface area (Å²) in [6.45, 7) is 7.75. The first-order valence-corrected chi connectivity index (χ1v) is 3.75. The van der Waals surface area contributed by atoms with Crippen LogP contribution in [0, 0.1) is 0 Å². The van der Waals surface area contributed by atoms with Gasteiger partial charge in [-0.15, -0.1) is 0 Å². The summed E-state index contributed by atoms with van der Waals surface area (Å²) in [5.74, 6) is 0. The van der Waals surface area contributed by atoms with Gasteiger partial charge >= 0.3 is 0 Å². The van der Waals surface area contributed by atoms with Gasteiger partial charge in [0, 0.05) is 13.8 Å². The monoisotopic (exact) mass is 153 g/mol. The summed E-state index contributed by atoms with van der Waals surface area (Å²) < 4.78 is 0. The molecule has 0 spiro atoms. The van der Waals surface area contributed by atoms with Crippen molar-refractivity contribution in [1.82, 2.24) is 10.3 Å². The van der Waals surface area contributed by atoms with Crippen LogP contribution in [0.25, 0.3) is 0 Å². The Bertz CT molecular complexity index is 188. The fraction of sp³-hybridized carbons (Fsp3) is 0.625. The van der Waals surface area contributed by atoms with Crippen molar-refractivity contribution in [3.05, 3.63) is 12.3 Å². The van der Waals surface area contributed by atoms with E-state index in [2.05, 4.69) is 37.1 Å². The van der Waals surface area contributed by atoms with Crippen LogP contribution in [0.2, 0.25) is 0 Å². The van der Waals surface area contributed by atoms with Crippen LogP contribution in [-0.4, -0.2) is 30.4 Å². The maximum atomic E-state index is 3.88. The predicted octanol–water partition coefficient (Wildman–Crippen LogP) is 0.798. The van der Waals surface area contributed by atoms with Crippen LogP contribution < -0.4 is 5.32 Å². The highest BCUT2D eigenvalue weighted by Crippen LogP contribution is 2.23. The fourth-order valence-corrected chi connectivity index (χ4v) is 1.21. The van der Waals surface area contributed by atoms with E-state index in [1.807, 2.05) is 18.3 Å². The molecule has 11 heavy (non-hydrogen) atoms. The van der Waals surface area contributed by atoms with Gasteiger partial charge in [0.2, 0.25) is 0 Å². The zero-order valence-electron chi connectivity index (χ0n) is 7.33. The molecular weight excluding hydrogens is 138 g/mol. The lowest BCUT2D eigenvalue weighted by Crippen LogP contribution is -2.48. The molecule has 0 amide bonds. The average molecular weight is 153 g/mol. The third kappa shape index (κ3) is 1.11. The molecule has 0 radical (unpaired) electrons. The molecule has 1 aliphatic rings. The molecule has 1 heterocycles. The minimum atomic E-state index is -0.0260. The summed E-state index contributed by atoms with van der Waals surface area (Å²) >= 11 is 0. The zero-order chi connectivity index (χ0) is 8.48. The standard InChI is InChI=1S/C8H15N3/c1-7-8(2,5-6-10-7)11(4)9-3/h5-7,10H,3H2,1-2,4H3. The van der Waals surface area contributed by atoms with Gasteiger partial charge in [0.05, 0.1) is 11.6 Å². The van der Waals surface area contributed by atoms with Gasteiger partial charge in [-0.25, -0.2) is 0 Å². The highest BCUT2D eigenvalue weighted by atomic mass is 15.5. The quantitative estimate of drug-likeness (QED) is 0.469. The van der Waals surface area contributed by atoms with Gasteiger partial charge in [0.1, 0.15) is 0 Å². The Kier molecular flexibility index (Phi) is 1.89. The Morgan fingerprint density at radius 1 is 1.73 bits per heavy atom. The lowest BCUT2D eigenvalue weighted by molar-refractivity contribution is 0.170.